The van der Waals surface area contributed by atoms with Gasteiger partial charge in [-0.25, -0.2) is 4.79 Å². The number of pyridine rings is 1. The van der Waals surface area contributed by atoms with Crippen LogP contribution in [-0.4, -0.2) is 62.9 Å². The molecule has 0 bridgehead atoms. The van der Waals surface area contributed by atoms with Crippen LogP contribution in [0.3, 0.4) is 0 Å². The van der Waals surface area contributed by atoms with E-state index < -0.39 is 17.6 Å². The highest BCUT2D eigenvalue weighted by Gasteiger charge is 2.55. The maximum Gasteiger partial charge on any atom is 0.410 e. The van der Waals surface area contributed by atoms with E-state index in [1.54, 1.807) is 21.7 Å². The largest absolute Gasteiger partial charge is 0.444 e. The number of nitrogens with zero attached hydrogens (tertiary/aromatic N) is 3. The summed E-state index contributed by atoms with van der Waals surface area (Å²) >= 11 is 0. The summed E-state index contributed by atoms with van der Waals surface area (Å²) in [5.74, 6) is -1.18. The zero-order valence-corrected chi connectivity index (χ0v) is 19.1. The number of carbonyl (C=O) groups is 4. The SMILES string of the molecule is CC(C)(C)OC(=O)N1CC2(CC(n3ccc4c(c3=O)CN([C@@H]3CCC(=O)NC3=O)C4=O)C2)C1. The molecule has 1 atom stereocenters. The van der Waals surface area contributed by atoms with Gasteiger partial charge in [0.25, 0.3) is 11.5 Å². The van der Waals surface area contributed by atoms with Crippen LogP contribution in [0.15, 0.2) is 17.1 Å². The van der Waals surface area contributed by atoms with Crippen LogP contribution >= 0.6 is 0 Å². The van der Waals surface area contributed by atoms with E-state index in [9.17, 15) is 24.0 Å². The highest BCUT2D eigenvalue weighted by molar-refractivity contribution is 6.05. The fraction of sp³-hybridized carbons (Fsp3) is 0.609. The Bertz CT molecular complexity index is 1120. The normalized spacial score (nSPS) is 24.3. The van der Waals surface area contributed by atoms with Crippen LogP contribution in [0.5, 0.6) is 0 Å². The molecule has 10 nitrogen and oxygen atoms in total. The molecule has 1 spiro atoms. The first kappa shape index (κ1) is 21.7. The highest BCUT2D eigenvalue weighted by atomic mass is 16.6. The van der Waals surface area contributed by atoms with E-state index in [0.29, 0.717) is 24.2 Å². The van der Waals surface area contributed by atoms with Crippen molar-refractivity contribution in [1.82, 2.24) is 19.7 Å². The minimum Gasteiger partial charge on any atom is -0.444 e. The van der Waals surface area contributed by atoms with Gasteiger partial charge in [-0.15, -0.1) is 0 Å². The lowest BCUT2D eigenvalue weighted by atomic mass is 9.60. The zero-order chi connectivity index (χ0) is 23.7. The molecule has 4 amide bonds. The van der Waals surface area contributed by atoms with Crippen LogP contribution in [0, 0.1) is 5.41 Å². The van der Waals surface area contributed by atoms with Crippen molar-refractivity contribution in [2.45, 2.75) is 70.7 Å². The zero-order valence-electron chi connectivity index (χ0n) is 19.1. The van der Waals surface area contributed by atoms with Crippen LogP contribution < -0.4 is 10.9 Å². The predicted octanol–water partition coefficient (Wildman–Crippen LogP) is 1.18. The fourth-order valence-corrected chi connectivity index (χ4v) is 5.48. The summed E-state index contributed by atoms with van der Waals surface area (Å²) in [6, 6.07) is 0.934. The number of likely N-dealkylation sites (tertiary alicyclic amines) is 1. The van der Waals surface area contributed by atoms with E-state index in [4.69, 9.17) is 4.74 Å². The highest BCUT2D eigenvalue weighted by Crippen LogP contribution is 2.54. The molecule has 3 aliphatic heterocycles. The smallest absolute Gasteiger partial charge is 0.410 e. The van der Waals surface area contributed by atoms with E-state index >= 15 is 0 Å². The van der Waals surface area contributed by atoms with E-state index in [0.717, 1.165) is 12.8 Å². The lowest BCUT2D eigenvalue weighted by Gasteiger charge is -2.58. The number of hydrogen-bond donors (Lipinski definition) is 1. The maximum absolute atomic E-state index is 13.2. The number of ether oxygens (including phenoxy) is 1. The second kappa shape index (κ2) is 7.16. The van der Waals surface area contributed by atoms with Gasteiger partial charge in [-0.1, -0.05) is 0 Å². The molecule has 2 saturated heterocycles. The van der Waals surface area contributed by atoms with E-state index in [1.165, 1.54) is 4.90 Å². The summed E-state index contributed by atoms with van der Waals surface area (Å²) in [7, 11) is 0. The van der Waals surface area contributed by atoms with Crippen molar-refractivity contribution in [1.29, 1.82) is 0 Å². The van der Waals surface area contributed by atoms with Crippen LogP contribution in [-0.2, 0) is 20.9 Å². The number of fused-ring (bicyclic) bond motifs is 1. The number of rotatable bonds is 2. The lowest BCUT2D eigenvalue weighted by molar-refractivity contribution is -0.136. The minimum absolute atomic E-state index is 0.0170. The molecule has 4 heterocycles. The number of amides is 4. The Morgan fingerprint density at radius 3 is 2.48 bits per heavy atom. The Morgan fingerprint density at radius 1 is 1.15 bits per heavy atom. The van der Waals surface area contributed by atoms with Gasteiger partial charge in [0.2, 0.25) is 11.8 Å². The van der Waals surface area contributed by atoms with Crippen molar-refractivity contribution in [2.24, 2.45) is 5.41 Å². The summed E-state index contributed by atoms with van der Waals surface area (Å²) < 4.78 is 7.10. The van der Waals surface area contributed by atoms with Crippen molar-refractivity contribution in [3.8, 4) is 0 Å². The molecule has 0 unspecified atom stereocenters. The molecule has 3 fully saturated rings. The predicted molar refractivity (Wildman–Crippen MR) is 115 cm³/mol. The molecular weight excluding hydrogens is 428 g/mol. The molecular formula is C23H28N4O6. The molecule has 176 valence electrons. The fourth-order valence-electron chi connectivity index (χ4n) is 5.48. The standard InChI is InChI=1S/C23H28N4O6/c1-22(2,3)33-21(32)25-11-23(12-25)8-13(9-23)26-7-6-14-15(20(26)31)10-27(19(14)30)16-4-5-17(28)24-18(16)29/h6-7,13,16H,4-5,8-12H2,1-3H3,(H,24,28,29)/t16-/m1/s1. The molecule has 33 heavy (non-hydrogen) atoms. The van der Waals surface area contributed by atoms with Gasteiger partial charge in [0.15, 0.2) is 0 Å². The first-order chi connectivity index (χ1) is 15.5. The van der Waals surface area contributed by atoms with Crippen LogP contribution in [0.1, 0.15) is 68.4 Å². The molecule has 0 aromatic carbocycles. The van der Waals surface area contributed by atoms with Gasteiger partial charge in [0, 0.05) is 42.7 Å². The summed E-state index contributed by atoms with van der Waals surface area (Å²) in [6.07, 6.45) is 3.36. The quantitative estimate of drug-likeness (QED) is 0.668. The van der Waals surface area contributed by atoms with Crippen molar-refractivity contribution < 1.29 is 23.9 Å². The average molecular weight is 456 g/mol. The molecule has 0 radical (unpaired) electrons. The summed E-state index contributed by atoms with van der Waals surface area (Å²) in [5, 5.41) is 2.27. The molecule has 1 aromatic rings. The van der Waals surface area contributed by atoms with Crippen LogP contribution in [0.25, 0.3) is 0 Å². The van der Waals surface area contributed by atoms with Gasteiger partial charge in [-0.3, -0.25) is 24.5 Å². The molecule has 1 aliphatic carbocycles. The molecule has 5 rings (SSSR count). The number of imide groups is 1. The van der Waals surface area contributed by atoms with Crippen molar-refractivity contribution in [2.75, 3.05) is 13.1 Å². The second-order valence-corrected chi connectivity index (χ2v) is 10.7. The third kappa shape index (κ3) is 3.61. The van der Waals surface area contributed by atoms with Gasteiger partial charge in [0.05, 0.1) is 12.1 Å². The lowest BCUT2D eigenvalue weighted by Crippen LogP contribution is -2.64. The molecule has 4 aliphatic rings. The van der Waals surface area contributed by atoms with Crippen LogP contribution in [0.4, 0.5) is 4.79 Å². The second-order valence-electron chi connectivity index (χ2n) is 10.7. The van der Waals surface area contributed by atoms with E-state index in [2.05, 4.69) is 5.32 Å². The average Bonchev–Trinajstić information content (AvgIpc) is 2.97. The number of carbonyl (C=O) groups excluding carboxylic acids is 4. The maximum atomic E-state index is 13.2. The monoisotopic (exact) mass is 456 g/mol. The summed E-state index contributed by atoms with van der Waals surface area (Å²) in [6.45, 7) is 6.84. The minimum atomic E-state index is -0.740. The Kier molecular flexibility index (Phi) is 4.70. The third-order valence-corrected chi connectivity index (χ3v) is 7.06. The molecule has 1 aromatic heterocycles. The van der Waals surface area contributed by atoms with Crippen molar-refractivity contribution >= 4 is 23.8 Å². The van der Waals surface area contributed by atoms with Crippen LogP contribution in [0.2, 0.25) is 0 Å². The Morgan fingerprint density at radius 2 is 1.85 bits per heavy atom. The molecule has 1 N–H and O–H groups in total. The number of nitrogens with one attached hydrogen (secondary N) is 1. The van der Waals surface area contributed by atoms with Crippen molar-refractivity contribution in [3.05, 3.63) is 33.7 Å². The van der Waals surface area contributed by atoms with E-state index in [1.807, 2.05) is 20.8 Å². The summed E-state index contributed by atoms with van der Waals surface area (Å²) in [4.78, 5) is 65.0. The van der Waals surface area contributed by atoms with Gasteiger partial charge in [-0.2, -0.15) is 0 Å². The Hall–Kier alpha value is -3.17. The van der Waals surface area contributed by atoms with Gasteiger partial charge < -0.3 is 19.1 Å². The first-order valence-electron chi connectivity index (χ1n) is 11.3. The number of aromatic nitrogens is 1. The Labute approximate surface area is 190 Å². The van der Waals surface area contributed by atoms with Gasteiger partial charge >= 0.3 is 6.09 Å². The Balaban J connectivity index is 1.25. The number of hydrogen-bond acceptors (Lipinski definition) is 6. The molecule has 1 saturated carbocycles. The van der Waals surface area contributed by atoms with E-state index in [-0.39, 0.29) is 54.3 Å². The third-order valence-electron chi connectivity index (χ3n) is 7.06. The first-order valence-corrected chi connectivity index (χ1v) is 11.3. The number of piperidine rings is 1. The topological polar surface area (TPSA) is 118 Å². The van der Waals surface area contributed by atoms with Gasteiger partial charge in [-0.05, 0) is 46.1 Å². The van der Waals surface area contributed by atoms with Crippen molar-refractivity contribution in [3.63, 3.8) is 0 Å². The summed E-state index contributed by atoms with van der Waals surface area (Å²) in [5.41, 5.74) is 0.0127. The molecule has 10 heteroatoms. The van der Waals surface area contributed by atoms with Gasteiger partial charge in [0.1, 0.15) is 11.6 Å².